The first kappa shape index (κ1) is 15.8. The van der Waals surface area contributed by atoms with Crippen molar-refractivity contribution in [1.82, 2.24) is 0 Å². The monoisotopic (exact) mass is 296 g/mol. The minimum Gasteiger partial charge on any atom is -0.381 e. The van der Waals surface area contributed by atoms with Gasteiger partial charge in [0.1, 0.15) is 4.75 Å². The average molecular weight is 296 g/mol. The number of sulfone groups is 1. The predicted octanol–water partition coefficient (Wildman–Crippen LogP) is 1.44. The van der Waals surface area contributed by atoms with Gasteiger partial charge in [-0.25, -0.2) is 8.42 Å². The maximum atomic E-state index is 12.3. The summed E-state index contributed by atoms with van der Waals surface area (Å²) in [4.78, 5) is 0. The predicted molar refractivity (Wildman–Crippen MR) is 79.8 cm³/mol. The Balaban J connectivity index is 2.17. The maximum absolute atomic E-state index is 12.3. The summed E-state index contributed by atoms with van der Waals surface area (Å²) in [7, 11) is 2.23. The fourth-order valence-electron chi connectivity index (χ4n) is 2.86. The molecule has 110 valence electrons. The van der Waals surface area contributed by atoms with Crippen LogP contribution in [0.25, 0.3) is 0 Å². The van der Waals surface area contributed by atoms with Crippen molar-refractivity contribution in [1.29, 1.82) is 0 Å². The number of hydrogen-bond acceptors (Lipinski definition) is 4. The molecule has 0 amide bonds. The van der Waals surface area contributed by atoms with Crippen LogP contribution in [0.4, 0.5) is 0 Å². The minimum atomic E-state index is -3.18. The highest BCUT2D eigenvalue weighted by molar-refractivity contribution is 7.92. The smallest absolute Gasteiger partial charge is 0.157 e. The molecule has 2 radical (unpaired) electrons. The third kappa shape index (κ3) is 3.18. The summed E-state index contributed by atoms with van der Waals surface area (Å²) in [6.45, 7) is 1.50. The standard InChI is InChI=1S/C14H21BO4S/c1-20(16,17)14(6-9-18-10-7-14)12-2-4-13(5-3-12)19-11-8-15/h2-4,13H,5-11H2,1H3. The SMILES string of the molecule is [B]CCOC1C=CC(C2(S(C)(=O)=O)CCOCC2)=CC1. The molecule has 0 spiro atoms. The zero-order valence-electron chi connectivity index (χ0n) is 11.9. The number of ether oxygens (including phenoxy) is 2. The van der Waals surface area contributed by atoms with E-state index in [1.54, 1.807) is 0 Å². The van der Waals surface area contributed by atoms with Crippen molar-refractivity contribution in [3.63, 3.8) is 0 Å². The normalized spacial score (nSPS) is 26.2. The van der Waals surface area contributed by atoms with Gasteiger partial charge < -0.3 is 9.47 Å². The largest absolute Gasteiger partial charge is 0.381 e. The molecule has 1 aliphatic heterocycles. The molecule has 2 aliphatic rings. The molecule has 20 heavy (non-hydrogen) atoms. The molecule has 1 aliphatic carbocycles. The van der Waals surface area contributed by atoms with Gasteiger partial charge in [-0.05, 0) is 24.8 Å². The van der Waals surface area contributed by atoms with E-state index < -0.39 is 14.6 Å². The molecular formula is C14H21BO4S. The zero-order valence-corrected chi connectivity index (χ0v) is 12.7. The minimum absolute atomic E-state index is 0.00116. The quantitative estimate of drug-likeness (QED) is 0.720. The van der Waals surface area contributed by atoms with Crippen molar-refractivity contribution < 1.29 is 17.9 Å². The molecule has 1 fully saturated rings. The van der Waals surface area contributed by atoms with E-state index in [0.29, 0.717) is 45.4 Å². The van der Waals surface area contributed by atoms with E-state index in [9.17, 15) is 8.42 Å². The average Bonchev–Trinajstić information content (AvgIpc) is 2.45. The Hall–Kier alpha value is -0.585. The van der Waals surface area contributed by atoms with Crippen molar-refractivity contribution in [3.05, 3.63) is 23.8 Å². The molecule has 0 bridgehead atoms. The maximum Gasteiger partial charge on any atom is 0.157 e. The lowest BCUT2D eigenvalue weighted by molar-refractivity contribution is 0.0816. The zero-order chi connectivity index (χ0) is 14.6. The Morgan fingerprint density at radius 1 is 1.45 bits per heavy atom. The van der Waals surface area contributed by atoms with Gasteiger partial charge >= 0.3 is 0 Å². The summed E-state index contributed by atoms with van der Waals surface area (Å²) >= 11 is 0. The van der Waals surface area contributed by atoms with Crippen molar-refractivity contribution in [3.8, 4) is 0 Å². The second kappa shape index (κ2) is 6.45. The van der Waals surface area contributed by atoms with Gasteiger partial charge in [0.2, 0.25) is 0 Å². The van der Waals surface area contributed by atoms with Crippen LogP contribution >= 0.6 is 0 Å². The van der Waals surface area contributed by atoms with Crippen LogP contribution in [0.15, 0.2) is 23.8 Å². The highest BCUT2D eigenvalue weighted by atomic mass is 32.2. The first-order valence-electron chi connectivity index (χ1n) is 6.97. The van der Waals surface area contributed by atoms with E-state index in [4.69, 9.17) is 17.3 Å². The number of hydrogen-bond donors (Lipinski definition) is 0. The van der Waals surface area contributed by atoms with Gasteiger partial charge in [0.25, 0.3) is 0 Å². The van der Waals surface area contributed by atoms with E-state index in [-0.39, 0.29) is 6.10 Å². The van der Waals surface area contributed by atoms with Crippen LogP contribution in [0, 0.1) is 0 Å². The molecule has 1 atom stereocenters. The molecule has 2 rings (SSSR count). The fourth-order valence-corrected chi connectivity index (χ4v) is 4.34. The summed E-state index contributed by atoms with van der Waals surface area (Å²) in [5.41, 5.74) is 0.885. The van der Waals surface area contributed by atoms with Gasteiger partial charge in [-0.2, -0.15) is 0 Å². The molecular weight excluding hydrogens is 275 g/mol. The van der Waals surface area contributed by atoms with Crippen molar-refractivity contribution in [2.24, 2.45) is 0 Å². The van der Waals surface area contributed by atoms with Crippen molar-refractivity contribution in [2.75, 3.05) is 26.1 Å². The third-order valence-electron chi connectivity index (χ3n) is 4.05. The molecule has 1 heterocycles. The molecule has 0 aromatic carbocycles. The number of rotatable bonds is 5. The second-order valence-corrected chi connectivity index (χ2v) is 7.66. The lowest BCUT2D eigenvalue weighted by Crippen LogP contribution is -2.45. The summed E-state index contributed by atoms with van der Waals surface area (Å²) in [5, 5.41) is 0. The molecule has 6 heteroatoms. The molecule has 0 aromatic heterocycles. The summed E-state index contributed by atoms with van der Waals surface area (Å²) in [6.07, 6.45) is 9.39. The van der Waals surface area contributed by atoms with Crippen LogP contribution < -0.4 is 0 Å². The van der Waals surface area contributed by atoms with Gasteiger partial charge in [0, 0.05) is 26.1 Å². The Kier molecular flexibility index (Phi) is 5.10. The summed E-state index contributed by atoms with van der Waals surface area (Å²) in [6, 6.07) is 0. The van der Waals surface area contributed by atoms with Crippen LogP contribution in [0.2, 0.25) is 6.32 Å². The van der Waals surface area contributed by atoms with Gasteiger partial charge in [-0.3, -0.25) is 0 Å². The number of allylic oxidation sites excluding steroid dienone is 1. The molecule has 1 saturated heterocycles. The Morgan fingerprint density at radius 2 is 2.15 bits per heavy atom. The molecule has 4 nitrogen and oxygen atoms in total. The van der Waals surface area contributed by atoms with Crippen LogP contribution in [0.1, 0.15) is 19.3 Å². The molecule has 0 saturated carbocycles. The Bertz CT molecular complexity index is 489. The van der Waals surface area contributed by atoms with Crippen LogP contribution in [0.3, 0.4) is 0 Å². The Morgan fingerprint density at radius 3 is 2.65 bits per heavy atom. The highest BCUT2D eigenvalue weighted by Crippen LogP contribution is 2.38. The van der Waals surface area contributed by atoms with E-state index in [0.717, 1.165) is 5.57 Å². The lowest BCUT2D eigenvalue weighted by Gasteiger charge is -2.37. The molecule has 0 N–H and O–H groups in total. The summed E-state index contributed by atoms with van der Waals surface area (Å²) < 4.78 is 34.7. The van der Waals surface area contributed by atoms with Crippen molar-refractivity contribution in [2.45, 2.75) is 36.4 Å². The third-order valence-corrected chi connectivity index (χ3v) is 6.11. The van der Waals surface area contributed by atoms with Gasteiger partial charge in [-0.1, -0.05) is 24.5 Å². The molecule has 0 aromatic rings. The van der Waals surface area contributed by atoms with Crippen LogP contribution in [0.5, 0.6) is 0 Å². The van der Waals surface area contributed by atoms with E-state index >= 15 is 0 Å². The highest BCUT2D eigenvalue weighted by Gasteiger charge is 2.44. The second-order valence-electron chi connectivity index (χ2n) is 5.33. The van der Waals surface area contributed by atoms with Crippen LogP contribution in [-0.4, -0.2) is 53.2 Å². The van der Waals surface area contributed by atoms with Crippen LogP contribution in [-0.2, 0) is 19.3 Å². The van der Waals surface area contributed by atoms with Gasteiger partial charge in [-0.15, -0.1) is 0 Å². The van der Waals surface area contributed by atoms with Gasteiger partial charge in [0.15, 0.2) is 9.84 Å². The Labute approximate surface area is 122 Å². The first-order chi connectivity index (χ1) is 9.49. The summed E-state index contributed by atoms with van der Waals surface area (Å²) in [5.74, 6) is 0. The van der Waals surface area contributed by atoms with E-state index in [2.05, 4.69) is 0 Å². The fraction of sp³-hybridized carbons (Fsp3) is 0.714. The first-order valence-corrected chi connectivity index (χ1v) is 8.86. The van der Waals surface area contributed by atoms with Crippen molar-refractivity contribution >= 4 is 17.7 Å². The topological polar surface area (TPSA) is 52.6 Å². The van der Waals surface area contributed by atoms with E-state index in [1.807, 2.05) is 18.2 Å². The molecule has 1 unspecified atom stereocenters. The van der Waals surface area contributed by atoms with Gasteiger partial charge in [0.05, 0.1) is 14.0 Å². The lowest BCUT2D eigenvalue weighted by atomic mass is 9.86. The van der Waals surface area contributed by atoms with E-state index in [1.165, 1.54) is 6.26 Å².